The molecule has 0 aliphatic carbocycles. The fourth-order valence-corrected chi connectivity index (χ4v) is 2.30. The molecule has 3 aromatic heterocycles. The lowest BCUT2D eigenvalue weighted by Gasteiger charge is -2.05. The second kappa shape index (κ2) is 6.00. The largest absolute Gasteiger partial charge is 0.451 e. The summed E-state index contributed by atoms with van der Waals surface area (Å²) in [5.74, 6) is -0.265. The number of benzene rings is 1. The van der Waals surface area contributed by atoms with Gasteiger partial charge in [0.15, 0.2) is 11.2 Å². The third kappa shape index (κ3) is 2.88. The average molecular weight is 333 g/mol. The molecule has 1 N–H and O–H groups in total. The molecule has 0 bridgehead atoms. The van der Waals surface area contributed by atoms with Gasteiger partial charge in [-0.3, -0.25) is 9.59 Å². The number of anilines is 1. The molecule has 0 aliphatic rings. The molecule has 0 aliphatic heterocycles. The fourth-order valence-electron chi connectivity index (χ4n) is 2.30. The summed E-state index contributed by atoms with van der Waals surface area (Å²) in [5, 5.41) is 7.04. The van der Waals surface area contributed by atoms with E-state index in [1.165, 1.54) is 17.1 Å². The van der Waals surface area contributed by atoms with Crippen molar-refractivity contribution in [2.24, 2.45) is 0 Å². The van der Waals surface area contributed by atoms with Gasteiger partial charge in [-0.05, 0) is 18.2 Å². The lowest BCUT2D eigenvalue weighted by molar-refractivity contribution is 0.0997. The molecule has 0 fully saturated rings. The van der Waals surface area contributed by atoms with E-state index in [0.717, 1.165) is 6.07 Å². The third-order valence-corrected chi connectivity index (χ3v) is 3.46. The van der Waals surface area contributed by atoms with Crippen LogP contribution in [-0.2, 0) is 0 Å². The van der Waals surface area contributed by atoms with Gasteiger partial charge in [0, 0.05) is 18.5 Å². The Bertz CT molecular complexity index is 1100. The van der Waals surface area contributed by atoms with E-state index >= 15 is 0 Å². The maximum absolute atomic E-state index is 12.3. The minimum absolute atomic E-state index is 0.0835. The van der Waals surface area contributed by atoms with Crippen LogP contribution in [-0.4, -0.2) is 25.7 Å². The second-order valence-electron chi connectivity index (χ2n) is 5.15. The summed E-state index contributed by atoms with van der Waals surface area (Å²) >= 11 is 0. The van der Waals surface area contributed by atoms with Gasteiger partial charge < -0.3 is 9.73 Å². The summed E-state index contributed by atoms with van der Waals surface area (Å²) < 4.78 is 6.99. The standard InChI is InChI=1S/C17H11N5O3/c23-13-8-15(25-14-5-2-1-4-12(13)14)16(24)21-11-9-18-17(19-10-11)22-7-3-6-20-22/h1-10H,(H,21,24). The van der Waals surface area contributed by atoms with Gasteiger partial charge in [0.25, 0.3) is 11.9 Å². The molecule has 4 rings (SSSR count). The second-order valence-corrected chi connectivity index (χ2v) is 5.15. The minimum Gasteiger partial charge on any atom is -0.451 e. The number of fused-ring (bicyclic) bond motifs is 1. The average Bonchev–Trinajstić information content (AvgIpc) is 3.17. The SMILES string of the molecule is O=C(Nc1cnc(-n2cccn2)nc1)c1cc(=O)c2ccccc2o1. The number of para-hydroxylation sites is 1. The van der Waals surface area contributed by atoms with Crippen molar-refractivity contribution in [2.75, 3.05) is 5.32 Å². The lowest BCUT2D eigenvalue weighted by atomic mass is 10.2. The van der Waals surface area contributed by atoms with E-state index in [9.17, 15) is 9.59 Å². The van der Waals surface area contributed by atoms with Crippen molar-refractivity contribution in [1.29, 1.82) is 0 Å². The number of hydrogen-bond acceptors (Lipinski definition) is 6. The molecule has 1 amide bonds. The Labute approximate surface area is 140 Å². The number of aromatic nitrogens is 4. The van der Waals surface area contributed by atoms with E-state index in [1.807, 2.05) is 0 Å². The van der Waals surface area contributed by atoms with Crippen LogP contribution in [0, 0.1) is 0 Å². The van der Waals surface area contributed by atoms with Gasteiger partial charge in [0.2, 0.25) is 0 Å². The Balaban J connectivity index is 1.59. The normalized spacial score (nSPS) is 10.7. The summed E-state index contributed by atoms with van der Waals surface area (Å²) in [6.07, 6.45) is 6.21. The van der Waals surface area contributed by atoms with E-state index < -0.39 is 5.91 Å². The van der Waals surface area contributed by atoms with Crippen molar-refractivity contribution in [3.05, 3.63) is 77.2 Å². The van der Waals surface area contributed by atoms with Crippen LogP contribution in [0.2, 0.25) is 0 Å². The van der Waals surface area contributed by atoms with E-state index in [0.29, 0.717) is 22.6 Å². The highest BCUT2D eigenvalue weighted by molar-refractivity contribution is 6.02. The number of carbonyl (C=O) groups is 1. The summed E-state index contributed by atoms with van der Waals surface area (Å²) in [4.78, 5) is 32.6. The van der Waals surface area contributed by atoms with Crippen molar-refractivity contribution in [2.45, 2.75) is 0 Å². The van der Waals surface area contributed by atoms with E-state index in [4.69, 9.17) is 4.42 Å². The first-order valence-corrected chi connectivity index (χ1v) is 7.37. The Morgan fingerprint density at radius 3 is 2.68 bits per heavy atom. The topological polar surface area (TPSA) is 103 Å². The van der Waals surface area contributed by atoms with E-state index in [2.05, 4.69) is 20.4 Å². The first kappa shape index (κ1) is 14.8. The summed E-state index contributed by atoms with van der Waals surface area (Å²) in [7, 11) is 0. The number of amides is 1. The number of nitrogens with zero attached hydrogens (tertiary/aromatic N) is 4. The van der Waals surface area contributed by atoms with Crippen molar-refractivity contribution in [3.63, 3.8) is 0 Å². The van der Waals surface area contributed by atoms with Crippen LogP contribution in [0.15, 0.2) is 70.4 Å². The fraction of sp³-hybridized carbons (Fsp3) is 0. The van der Waals surface area contributed by atoms with Gasteiger partial charge >= 0.3 is 0 Å². The van der Waals surface area contributed by atoms with Crippen LogP contribution >= 0.6 is 0 Å². The Morgan fingerprint density at radius 2 is 1.92 bits per heavy atom. The number of carbonyl (C=O) groups excluding carboxylic acids is 1. The molecule has 3 heterocycles. The van der Waals surface area contributed by atoms with Gasteiger partial charge in [-0.15, -0.1) is 0 Å². The molecular formula is C17H11N5O3. The Kier molecular flexibility index (Phi) is 3.55. The zero-order chi connectivity index (χ0) is 17.2. The zero-order valence-corrected chi connectivity index (χ0v) is 12.8. The third-order valence-electron chi connectivity index (χ3n) is 3.46. The molecule has 0 radical (unpaired) electrons. The highest BCUT2D eigenvalue weighted by Gasteiger charge is 2.13. The molecule has 25 heavy (non-hydrogen) atoms. The number of hydrogen-bond donors (Lipinski definition) is 1. The Hall–Kier alpha value is -3.81. The molecule has 8 heteroatoms. The summed E-state index contributed by atoms with van der Waals surface area (Å²) in [5.41, 5.74) is 0.444. The molecule has 0 spiro atoms. The molecule has 0 unspecified atom stereocenters. The molecule has 4 aromatic rings. The van der Waals surface area contributed by atoms with Gasteiger partial charge in [0.05, 0.1) is 23.5 Å². The molecular weight excluding hydrogens is 322 g/mol. The first-order valence-electron chi connectivity index (χ1n) is 7.37. The summed E-state index contributed by atoms with van der Waals surface area (Å²) in [6.45, 7) is 0. The van der Waals surface area contributed by atoms with Crippen LogP contribution in [0.4, 0.5) is 5.69 Å². The van der Waals surface area contributed by atoms with E-state index in [-0.39, 0.29) is 11.2 Å². The maximum atomic E-state index is 12.3. The van der Waals surface area contributed by atoms with Crippen LogP contribution in [0.5, 0.6) is 0 Å². The van der Waals surface area contributed by atoms with Gasteiger partial charge in [-0.1, -0.05) is 12.1 Å². The van der Waals surface area contributed by atoms with Crippen molar-refractivity contribution in [3.8, 4) is 5.95 Å². The smallest absolute Gasteiger partial charge is 0.291 e. The van der Waals surface area contributed by atoms with Gasteiger partial charge in [-0.2, -0.15) is 5.10 Å². The number of rotatable bonds is 3. The lowest BCUT2D eigenvalue weighted by Crippen LogP contribution is -2.15. The highest BCUT2D eigenvalue weighted by atomic mass is 16.3. The van der Waals surface area contributed by atoms with Crippen LogP contribution in [0.25, 0.3) is 16.9 Å². The molecule has 8 nitrogen and oxygen atoms in total. The van der Waals surface area contributed by atoms with Crippen LogP contribution in [0.1, 0.15) is 10.6 Å². The minimum atomic E-state index is -0.557. The van der Waals surface area contributed by atoms with Gasteiger partial charge in [0.1, 0.15) is 5.58 Å². The van der Waals surface area contributed by atoms with E-state index in [1.54, 1.807) is 42.7 Å². The predicted octanol–water partition coefficient (Wildman–Crippen LogP) is 2.02. The zero-order valence-electron chi connectivity index (χ0n) is 12.8. The van der Waals surface area contributed by atoms with Crippen molar-refractivity contribution >= 4 is 22.6 Å². The maximum Gasteiger partial charge on any atom is 0.291 e. The molecule has 0 saturated carbocycles. The van der Waals surface area contributed by atoms with Crippen LogP contribution in [0.3, 0.4) is 0 Å². The molecule has 0 saturated heterocycles. The van der Waals surface area contributed by atoms with Crippen LogP contribution < -0.4 is 10.7 Å². The Morgan fingerprint density at radius 1 is 1.12 bits per heavy atom. The van der Waals surface area contributed by atoms with Crippen molar-refractivity contribution < 1.29 is 9.21 Å². The highest BCUT2D eigenvalue weighted by Crippen LogP contribution is 2.13. The first-order chi connectivity index (χ1) is 12.2. The quantitative estimate of drug-likeness (QED) is 0.615. The summed E-state index contributed by atoms with van der Waals surface area (Å²) in [6, 6.07) is 9.66. The molecule has 1 aromatic carbocycles. The van der Waals surface area contributed by atoms with Gasteiger partial charge in [-0.25, -0.2) is 14.6 Å². The monoisotopic (exact) mass is 333 g/mol. The van der Waals surface area contributed by atoms with Crippen molar-refractivity contribution in [1.82, 2.24) is 19.7 Å². The predicted molar refractivity (Wildman–Crippen MR) is 89.6 cm³/mol. The molecule has 122 valence electrons. The number of nitrogens with one attached hydrogen (secondary N) is 1. The molecule has 0 atom stereocenters.